The Balaban J connectivity index is 0.00000361. The van der Waals surface area contributed by atoms with Crippen LogP contribution in [-0.4, -0.2) is 64.0 Å². The van der Waals surface area contributed by atoms with Crippen molar-refractivity contribution in [3.05, 3.63) is 0 Å². The molecule has 0 bridgehead atoms. The minimum absolute atomic E-state index is 0. The number of halogens is 1. The van der Waals surface area contributed by atoms with E-state index < -0.39 is 0 Å². The van der Waals surface area contributed by atoms with Gasteiger partial charge in [-0.1, -0.05) is 6.92 Å². The summed E-state index contributed by atoms with van der Waals surface area (Å²) in [4.78, 5) is 6.98. The molecule has 5 nitrogen and oxygen atoms in total. The first kappa shape index (κ1) is 19.9. The molecule has 0 saturated carbocycles. The number of likely N-dealkylation sites (tertiary alicyclic amines) is 1. The SMILES string of the molecule is CCCN=C(NCC)N1CCC(COCCOC)C1.I. The third-order valence-corrected chi connectivity index (χ3v) is 3.19. The minimum atomic E-state index is 0. The van der Waals surface area contributed by atoms with Crippen LogP contribution >= 0.6 is 24.0 Å². The molecule has 1 saturated heterocycles. The molecule has 6 heteroatoms. The summed E-state index contributed by atoms with van der Waals surface area (Å²) in [6.45, 7) is 10.4. The lowest BCUT2D eigenvalue weighted by atomic mass is 10.1. The van der Waals surface area contributed by atoms with E-state index in [2.05, 4.69) is 29.1 Å². The fraction of sp³-hybridized carbons (Fsp3) is 0.929. The molecular weight excluding hydrogens is 369 g/mol. The fourth-order valence-corrected chi connectivity index (χ4v) is 2.20. The highest BCUT2D eigenvalue weighted by molar-refractivity contribution is 14.0. The second-order valence-electron chi connectivity index (χ2n) is 4.90. The largest absolute Gasteiger partial charge is 0.382 e. The third kappa shape index (κ3) is 7.64. The van der Waals surface area contributed by atoms with E-state index in [-0.39, 0.29) is 24.0 Å². The van der Waals surface area contributed by atoms with Gasteiger partial charge in [0.2, 0.25) is 0 Å². The van der Waals surface area contributed by atoms with Gasteiger partial charge in [-0.25, -0.2) is 0 Å². The first-order valence-corrected chi connectivity index (χ1v) is 7.41. The second-order valence-corrected chi connectivity index (χ2v) is 4.90. The quantitative estimate of drug-likeness (QED) is 0.294. The van der Waals surface area contributed by atoms with Gasteiger partial charge >= 0.3 is 0 Å². The van der Waals surface area contributed by atoms with Gasteiger partial charge in [0.25, 0.3) is 0 Å². The molecule has 1 rings (SSSR count). The maximum atomic E-state index is 5.62. The first-order valence-electron chi connectivity index (χ1n) is 7.41. The zero-order chi connectivity index (χ0) is 13.9. The van der Waals surface area contributed by atoms with Crippen molar-refractivity contribution in [2.75, 3.05) is 53.1 Å². The summed E-state index contributed by atoms with van der Waals surface area (Å²) in [6, 6.07) is 0. The van der Waals surface area contributed by atoms with Crippen LogP contribution in [-0.2, 0) is 9.47 Å². The lowest BCUT2D eigenvalue weighted by Crippen LogP contribution is -2.40. The molecule has 1 unspecified atom stereocenters. The molecule has 0 amide bonds. The molecule has 1 aliphatic heterocycles. The van der Waals surface area contributed by atoms with Gasteiger partial charge in [-0.2, -0.15) is 0 Å². The Bertz CT molecular complexity index is 265. The van der Waals surface area contributed by atoms with Crippen LogP contribution in [0.1, 0.15) is 26.7 Å². The Morgan fingerprint density at radius 2 is 2.15 bits per heavy atom. The number of ether oxygens (including phenoxy) is 2. The van der Waals surface area contributed by atoms with Crippen LogP contribution in [0, 0.1) is 5.92 Å². The zero-order valence-corrected chi connectivity index (χ0v) is 15.4. The molecule has 1 heterocycles. The lowest BCUT2D eigenvalue weighted by Gasteiger charge is -2.21. The maximum absolute atomic E-state index is 5.62. The normalized spacial score (nSPS) is 19.1. The van der Waals surface area contributed by atoms with Crippen LogP contribution in [0.5, 0.6) is 0 Å². The Morgan fingerprint density at radius 1 is 1.35 bits per heavy atom. The zero-order valence-electron chi connectivity index (χ0n) is 13.1. The molecule has 0 aliphatic carbocycles. The van der Waals surface area contributed by atoms with Crippen LogP contribution in [0.15, 0.2) is 4.99 Å². The van der Waals surface area contributed by atoms with Gasteiger partial charge in [-0.3, -0.25) is 4.99 Å². The van der Waals surface area contributed by atoms with E-state index in [1.54, 1.807) is 7.11 Å². The van der Waals surface area contributed by atoms with Crippen molar-refractivity contribution >= 4 is 29.9 Å². The van der Waals surface area contributed by atoms with Crippen LogP contribution < -0.4 is 5.32 Å². The number of methoxy groups -OCH3 is 1. The fourth-order valence-electron chi connectivity index (χ4n) is 2.20. The van der Waals surface area contributed by atoms with E-state index >= 15 is 0 Å². The predicted octanol–water partition coefficient (Wildman–Crippen LogP) is 1.96. The molecule has 20 heavy (non-hydrogen) atoms. The molecule has 0 aromatic rings. The smallest absolute Gasteiger partial charge is 0.193 e. The van der Waals surface area contributed by atoms with Gasteiger partial charge < -0.3 is 19.7 Å². The predicted molar refractivity (Wildman–Crippen MR) is 94.1 cm³/mol. The lowest BCUT2D eigenvalue weighted by molar-refractivity contribution is 0.0536. The van der Waals surface area contributed by atoms with Crippen LogP contribution in [0.3, 0.4) is 0 Å². The minimum Gasteiger partial charge on any atom is -0.382 e. The average molecular weight is 399 g/mol. The number of hydrogen-bond donors (Lipinski definition) is 1. The first-order chi connectivity index (χ1) is 9.31. The topological polar surface area (TPSA) is 46.1 Å². The van der Waals surface area contributed by atoms with Gasteiger partial charge in [0.05, 0.1) is 19.8 Å². The molecule has 0 aromatic carbocycles. The highest BCUT2D eigenvalue weighted by Crippen LogP contribution is 2.16. The van der Waals surface area contributed by atoms with Gasteiger partial charge in [0.15, 0.2) is 5.96 Å². The second kappa shape index (κ2) is 12.6. The number of nitrogens with zero attached hydrogens (tertiary/aromatic N) is 2. The standard InChI is InChI=1S/C14H29N3O2.HI/c1-4-7-16-14(15-5-2)17-8-6-13(11-17)12-19-10-9-18-3;/h13H,4-12H2,1-3H3,(H,15,16);1H. The average Bonchev–Trinajstić information content (AvgIpc) is 2.88. The van der Waals surface area contributed by atoms with Gasteiger partial charge in [-0.05, 0) is 19.8 Å². The van der Waals surface area contributed by atoms with E-state index in [1.807, 2.05) is 0 Å². The number of guanidine groups is 1. The molecular formula is C14H30IN3O2. The molecule has 1 atom stereocenters. The molecule has 0 aromatic heterocycles. The van der Waals surface area contributed by atoms with Crippen molar-refractivity contribution in [3.63, 3.8) is 0 Å². The van der Waals surface area contributed by atoms with E-state index in [0.717, 1.165) is 45.2 Å². The Labute approximate surface area is 140 Å². The summed E-state index contributed by atoms with van der Waals surface area (Å²) in [5, 5.41) is 3.37. The Morgan fingerprint density at radius 3 is 2.80 bits per heavy atom. The van der Waals surface area contributed by atoms with E-state index in [4.69, 9.17) is 9.47 Å². The maximum Gasteiger partial charge on any atom is 0.193 e. The summed E-state index contributed by atoms with van der Waals surface area (Å²) in [7, 11) is 1.70. The van der Waals surface area contributed by atoms with Crippen molar-refractivity contribution in [3.8, 4) is 0 Å². The highest BCUT2D eigenvalue weighted by atomic mass is 127. The van der Waals surface area contributed by atoms with Crippen molar-refractivity contribution in [1.29, 1.82) is 0 Å². The van der Waals surface area contributed by atoms with E-state index in [0.29, 0.717) is 19.1 Å². The summed E-state index contributed by atoms with van der Waals surface area (Å²) in [6.07, 6.45) is 2.27. The number of aliphatic imine (C=N–C) groups is 1. The van der Waals surface area contributed by atoms with Crippen molar-refractivity contribution < 1.29 is 9.47 Å². The van der Waals surface area contributed by atoms with Crippen LogP contribution in [0.25, 0.3) is 0 Å². The van der Waals surface area contributed by atoms with Gasteiger partial charge in [0.1, 0.15) is 0 Å². The van der Waals surface area contributed by atoms with Crippen molar-refractivity contribution in [2.45, 2.75) is 26.7 Å². The monoisotopic (exact) mass is 399 g/mol. The van der Waals surface area contributed by atoms with E-state index in [1.165, 1.54) is 6.42 Å². The molecule has 0 spiro atoms. The van der Waals surface area contributed by atoms with Crippen LogP contribution in [0.4, 0.5) is 0 Å². The van der Waals surface area contributed by atoms with Gasteiger partial charge in [-0.15, -0.1) is 24.0 Å². The molecule has 1 fully saturated rings. The Hall–Kier alpha value is -0.0800. The van der Waals surface area contributed by atoms with Crippen LogP contribution in [0.2, 0.25) is 0 Å². The third-order valence-electron chi connectivity index (χ3n) is 3.19. The van der Waals surface area contributed by atoms with Gasteiger partial charge in [0, 0.05) is 39.2 Å². The van der Waals surface area contributed by atoms with Crippen molar-refractivity contribution in [1.82, 2.24) is 10.2 Å². The highest BCUT2D eigenvalue weighted by Gasteiger charge is 2.24. The van der Waals surface area contributed by atoms with Crippen molar-refractivity contribution in [2.24, 2.45) is 10.9 Å². The molecule has 120 valence electrons. The number of nitrogens with one attached hydrogen (secondary N) is 1. The summed E-state index contributed by atoms with van der Waals surface area (Å²) in [5.74, 6) is 1.67. The number of rotatable bonds is 8. The van der Waals surface area contributed by atoms with E-state index in [9.17, 15) is 0 Å². The summed E-state index contributed by atoms with van der Waals surface area (Å²) < 4.78 is 10.6. The Kier molecular flexibility index (Phi) is 12.6. The molecule has 1 aliphatic rings. The number of hydrogen-bond acceptors (Lipinski definition) is 3. The summed E-state index contributed by atoms with van der Waals surface area (Å²) in [5.41, 5.74) is 0. The summed E-state index contributed by atoms with van der Waals surface area (Å²) >= 11 is 0. The molecule has 0 radical (unpaired) electrons. The molecule has 1 N–H and O–H groups in total.